The molecule has 0 aliphatic carbocycles. The van der Waals surface area contributed by atoms with Crippen molar-refractivity contribution in [3.05, 3.63) is 23.8 Å². The van der Waals surface area contributed by atoms with Gasteiger partial charge in [0.2, 0.25) is 0 Å². The van der Waals surface area contributed by atoms with Crippen molar-refractivity contribution in [3.63, 3.8) is 0 Å². The first-order valence-electron chi connectivity index (χ1n) is 7.28. The molecule has 1 aliphatic heterocycles. The molecule has 0 bridgehead atoms. The summed E-state index contributed by atoms with van der Waals surface area (Å²) in [5, 5.41) is 13.5. The third kappa shape index (κ3) is 3.68. The van der Waals surface area contributed by atoms with E-state index in [4.69, 9.17) is 4.74 Å². The molecule has 0 spiro atoms. The zero-order chi connectivity index (χ0) is 14.6. The Kier molecular flexibility index (Phi) is 5.35. The van der Waals surface area contributed by atoms with E-state index >= 15 is 0 Å². The van der Waals surface area contributed by atoms with Crippen molar-refractivity contribution in [2.24, 2.45) is 5.41 Å². The molecule has 0 radical (unpaired) electrons. The molecular formula is C16H25NO2S. The van der Waals surface area contributed by atoms with Crippen LogP contribution in [0.4, 0.5) is 5.69 Å². The van der Waals surface area contributed by atoms with Crippen LogP contribution in [-0.2, 0) is 4.74 Å². The molecule has 4 heteroatoms. The SMILES string of the molecule is CCC(C)Sc1ccc(NCC2(CO)COC2)c(C)c1. The number of rotatable bonds is 7. The van der Waals surface area contributed by atoms with Gasteiger partial charge < -0.3 is 15.2 Å². The Hall–Kier alpha value is -0.710. The van der Waals surface area contributed by atoms with Crippen molar-refractivity contribution in [1.82, 2.24) is 0 Å². The second kappa shape index (κ2) is 6.83. The minimum atomic E-state index is -0.0867. The fourth-order valence-corrected chi connectivity index (χ4v) is 3.17. The van der Waals surface area contributed by atoms with E-state index in [-0.39, 0.29) is 12.0 Å². The van der Waals surface area contributed by atoms with Crippen LogP contribution in [0.5, 0.6) is 0 Å². The lowest BCUT2D eigenvalue weighted by Gasteiger charge is -2.40. The van der Waals surface area contributed by atoms with Crippen LogP contribution in [0.15, 0.2) is 23.1 Å². The van der Waals surface area contributed by atoms with Gasteiger partial charge in [0.25, 0.3) is 0 Å². The summed E-state index contributed by atoms with van der Waals surface area (Å²) < 4.78 is 5.22. The smallest absolute Gasteiger partial charge is 0.0584 e. The molecule has 3 nitrogen and oxygen atoms in total. The van der Waals surface area contributed by atoms with Crippen LogP contribution in [0.3, 0.4) is 0 Å². The molecule has 1 fully saturated rings. The molecule has 2 rings (SSSR count). The maximum Gasteiger partial charge on any atom is 0.0584 e. The Labute approximate surface area is 126 Å². The van der Waals surface area contributed by atoms with E-state index in [1.165, 1.54) is 16.9 Å². The van der Waals surface area contributed by atoms with E-state index in [1.807, 2.05) is 11.8 Å². The maximum atomic E-state index is 9.43. The van der Waals surface area contributed by atoms with Gasteiger partial charge in [-0.2, -0.15) is 0 Å². The van der Waals surface area contributed by atoms with Gasteiger partial charge in [-0.25, -0.2) is 0 Å². The highest BCUT2D eigenvalue weighted by Gasteiger charge is 2.37. The summed E-state index contributed by atoms with van der Waals surface area (Å²) in [6.45, 7) is 8.85. The standard InChI is InChI=1S/C16H25NO2S/c1-4-13(3)20-14-5-6-15(12(2)7-14)17-8-16(9-18)10-19-11-16/h5-7,13,17-18H,4,8-11H2,1-3H3. The van der Waals surface area contributed by atoms with E-state index in [2.05, 4.69) is 44.3 Å². The first-order chi connectivity index (χ1) is 9.58. The van der Waals surface area contributed by atoms with E-state index < -0.39 is 0 Å². The van der Waals surface area contributed by atoms with Gasteiger partial charge in [-0.1, -0.05) is 13.8 Å². The zero-order valence-corrected chi connectivity index (χ0v) is 13.4. The van der Waals surface area contributed by atoms with E-state index in [0.29, 0.717) is 18.5 Å². The average molecular weight is 295 g/mol. The highest BCUT2D eigenvalue weighted by molar-refractivity contribution is 7.99. The largest absolute Gasteiger partial charge is 0.396 e. The monoisotopic (exact) mass is 295 g/mol. The molecule has 0 saturated carbocycles. The van der Waals surface area contributed by atoms with Gasteiger partial charge in [-0.05, 0) is 37.1 Å². The Morgan fingerprint density at radius 3 is 2.70 bits per heavy atom. The van der Waals surface area contributed by atoms with Crippen molar-refractivity contribution in [2.45, 2.75) is 37.3 Å². The highest BCUT2D eigenvalue weighted by atomic mass is 32.2. The average Bonchev–Trinajstić information content (AvgIpc) is 2.40. The molecule has 1 heterocycles. The second-order valence-corrected chi connectivity index (χ2v) is 7.33. The fourth-order valence-electron chi connectivity index (χ4n) is 2.15. The number of hydrogen-bond acceptors (Lipinski definition) is 4. The minimum Gasteiger partial charge on any atom is -0.396 e. The summed E-state index contributed by atoms with van der Waals surface area (Å²) in [6, 6.07) is 6.56. The highest BCUT2D eigenvalue weighted by Crippen LogP contribution is 2.30. The number of aliphatic hydroxyl groups is 1. The fraction of sp³-hybridized carbons (Fsp3) is 0.625. The van der Waals surface area contributed by atoms with Crippen LogP contribution in [0.1, 0.15) is 25.8 Å². The number of anilines is 1. The molecule has 20 heavy (non-hydrogen) atoms. The van der Waals surface area contributed by atoms with E-state index in [1.54, 1.807) is 0 Å². The van der Waals surface area contributed by atoms with Crippen molar-refractivity contribution in [3.8, 4) is 0 Å². The summed E-state index contributed by atoms with van der Waals surface area (Å²) >= 11 is 1.92. The summed E-state index contributed by atoms with van der Waals surface area (Å²) in [4.78, 5) is 1.33. The summed E-state index contributed by atoms with van der Waals surface area (Å²) in [6.07, 6.45) is 1.18. The van der Waals surface area contributed by atoms with Crippen LogP contribution in [0.2, 0.25) is 0 Å². The summed E-state index contributed by atoms with van der Waals surface area (Å²) in [7, 11) is 0. The number of ether oxygens (including phenoxy) is 1. The number of thioether (sulfide) groups is 1. The first-order valence-corrected chi connectivity index (χ1v) is 8.16. The lowest BCUT2D eigenvalue weighted by molar-refractivity contribution is -0.128. The van der Waals surface area contributed by atoms with Crippen LogP contribution >= 0.6 is 11.8 Å². The Bertz CT molecular complexity index is 441. The predicted octanol–water partition coefficient (Wildman–Crippen LogP) is 3.31. The number of aryl methyl sites for hydroxylation is 1. The molecule has 1 saturated heterocycles. The number of aliphatic hydroxyl groups excluding tert-OH is 1. The second-order valence-electron chi connectivity index (χ2n) is 5.82. The number of hydrogen-bond donors (Lipinski definition) is 2. The maximum absolute atomic E-state index is 9.43. The van der Waals surface area contributed by atoms with Gasteiger partial charge in [0.1, 0.15) is 0 Å². The van der Waals surface area contributed by atoms with Crippen LogP contribution in [0.25, 0.3) is 0 Å². The van der Waals surface area contributed by atoms with Gasteiger partial charge in [-0.3, -0.25) is 0 Å². The molecule has 0 amide bonds. The molecular weight excluding hydrogens is 270 g/mol. The van der Waals surface area contributed by atoms with Crippen molar-refractivity contribution >= 4 is 17.4 Å². The molecule has 0 aromatic heterocycles. The van der Waals surface area contributed by atoms with Crippen LogP contribution < -0.4 is 5.32 Å². The normalized spacial score (nSPS) is 18.4. The molecule has 112 valence electrons. The van der Waals surface area contributed by atoms with Crippen LogP contribution in [-0.4, -0.2) is 36.7 Å². The van der Waals surface area contributed by atoms with E-state index in [0.717, 1.165) is 12.2 Å². The molecule has 1 aromatic rings. The van der Waals surface area contributed by atoms with Gasteiger partial charge in [0.05, 0.1) is 25.2 Å². The van der Waals surface area contributed by atoms with Gasteiger partial charge >= 0.3 is 0 Å². The predicted molar refractivity (Wildman–Crippen MR) is 85.6 cm³/mol. The number of nitrogens with one attached hydrogen (secondary N) is 1. The number of benzene rings is 1. The van der Waals surface area contributed by atoms with Gasteiger partial charge in [0.15, 0.2) is 0 Å². The zero-order valence-electron chi connectivity index (χ0n) is 12.6. The Morgan fingerprint density at radius 2 is 2.20 bits per heavy atom. The third-order valence-corrected chi connectivity index (χ3v) is 5.18. The quantitative estimate of drug-likeness (QED) is 0.757. The van der Waals surface area contributed by atoms with Crippen LogP contribution in [0, 0.1) is 12.3 Å². The summed E-state index contributed by atoms with van der Waals surface area (Å²) in [5.74, 6) is 0. The van der Waals surface area contributed by atoms with Crippen molar-refractivity contribution in [1.29, 1.82) is 0 Å². The lowest BCUT2D eigenvalue weighted by Crippen LogP contribution is -2.50. The third-order valence-electron chi connectivity index (χ3n) is 3.92. The topological polar surface area (TPSA) is 41.5 Å². The van der Waals surface area contributed by atoms with E-state index in [9.17, 15) is 5.11 Å². The van der Waals surface area contributed by atoms with Gasteiger partial charge in [-0.15, -0.1) is 11.8 Å². The van der Waals surface area contributed by atoms with Crippen molar-refractivity contribution < 1.29 is 9.84 Å². The lowest BCUT2D eigenvalue weighted by atomic mass is 9.87. The summed E-state index contributed by atoms with van der Waals surface area (Å²) in [5.41, 5.74) is 2.32. The Balaban J connectivity index is 1.95. The minimum absolute atomic E-state index is 0.0867. The molecule has 1 atom stereocenters. The molecule has 2 N–H and O–H groups in total. The van der Waals surface area contributed by atoms with Gasteiger partial charge in [0, 0.05) is 22.4 Å². The molecule has 1 unspecified atom stereocenters. The molecule has 1 aliphatic rings. The van der Waals surface area contributed by atoms with Crippen molar-refractivity contribution in [2.75, 3.05) is 31.7 Å². The molecule has 1 aromatic carbocycles. The first kappa shape index (κ1) is 15.7. The Morgan fingerprint density at radius 1 is 1.45 bits per heavy atom.